The lowest BCUT2D eigenvalue weighted by atomic mass is 10.1. The summed E-state index contributed by atoms with van der Waals surface area (Å²) >= 11 is 1.62. The molecule has 0 fully saturated rings. The molecule has 1 aromatic rings. The Hall–Kier alpha value is -0.700. The molecule has 0 saturated carbocycles. The van der Waals surface area contributed by atoms with Gasteiger partial charge in [0.15, 0.2) is 0 Å². The molecule has 0 saturated heterocycles. The molecule has 0 bridgehead atoms. The van der Waals surface area contributed by atoms with Crippen molar-refractivity contribution in [2.75, 3.05) is 0 Å². The van der Waals surface area contributed by atoms with Crippen molar-refractivity contribution in [3.05, 3.63) is 16.1 Å². The van der Waals surface area contributed by atoms with E-state index >= 15 is 0 Å². The molecule has 0 amide bonds. The van der Waals surface area contributed by atoms with Crippen molar-refractivity contribution in [2.24, 2.45) is 0 Å². The predicted octanol–water partition coefficient (Wildman–Crippen LogP) is 4.70. The summed E-state index contributed by atoms with van der Waals surface area (Å²) in [5.41, 5.74) is 0.949. The van der Waals surface area contributed by atoms with Crippen LogP contribution in [-0.2, 0) is 11.2 Å². The van der Waals surface area contributed by atoms with Crippen molar-refractivity contribution in [2.45, 2.75) is 71.6 Å². The maximum Gasteiger partial charge on any atom is 0.138 e. The first-order chi connectivity index (χ1) is 8.72. The van der Waals surface area contributed by atoms with E-state index in [0.29, 0.717) is 12.2 Å². The van der Waals surface area contributed by atoms with Gasteiger partial charge in [-0.2, -0.15) is 0 Å². The van der Waals surface area contributed by atoms with Crippen LogP contribution in [-0.4, -0.2) is 10.8 Å². The molecule has 0 aliphatic rings. The molecule has 0 spiro atoms. The van der Waals surface area contributed by atoms with Crippen LogP contribution in [0.2, 0.25) is 0 Å². The lowest BCUT2D eigenvalue weighted by Crippen LogP contribution is -2.02. The minimum atomic E-state index is 0.342. The van der Waals surface area contributed by atoms with E-state index in [-0.39, 0.29) is 0 Å². The summed E-state index contributed by atoms with van der Waals surface area (Å²) in [6, 6.07) is 0. The number of rotatable bonds is 10. The fraction of sp³-hybridized carbons (Fsp3) is 0.733. The first kappa shape index (κ1) is 15.4. The summed E-state index contributed by atoms with van der Waals surface area (Å²) in [5, 5.41) is 3.05. The van der Waals surface area contributed by atoms with Crippen molar-refractivity contribution >= 4 is 17.1 Å². The fourth-order valence-electron chi connectivity index (χ4n) is 2.06. The van der Waals surface area contributed by atoms with Gasteiger partial charge in [-0.15, -0.1) is 11.3 Å². The van der Waals surface area contributed by atoms with Crippen LogP contribution in [0.5, 0.6) is 0 Å². The second-order valence-corrected chi connectivity index (χ2v) is 6.01. The average Bonchev–Trinajstić information content (AvgIpc) is 2.73. The van der Waals surface area contributed by atoms with Crippen molar-refractivity contribution in [1.82, 2.24) is 4.98 Å². The Kier molecular flexibility index (Phi) is 7.90. The summed E-state index contributed by atoms with van der Waals surface area (Å²) < 4.78 is 0. The minimum absolute atomic E-state index is 0.342. The largest absolute Gasteiger partial charge is 0.299 e. The number of nitrogens with zero attached hydrogens (tertiary/aromatic N) is 1. The van der Waals surface area contributed by atoms with Gasteiger partial charge >= 0.3 is 0 Å². The van der Waals surface area contributed by atoms with Crippen LogP contribution in [0, 0.1) is 6.92 Å². The number of aromatic nitrogens is 1. The van der Waals surface area contributed by atoms with Gasteiger partial charge in [-0.05, 0) is 13.3 Å². The highest BCUT2D eigenvalue weighted by atomic mass is 32.1. The standard InChI is InChI=1S/C15H25NOS/c1-3-4-5-6-7-8-9-10-15(17)11-14-12-18-13(2)16-14/h12H,3-11H2,1-2H3. The zero-order valence-corrected chi connectivity index (χ0v) is 12.5. The van der Waals surface area contributed by atoms with Gasteiger partial charge < -0.3 is 0 Å². The number of ketones is 1. The topological polar surface area (TPSA) is 30.0 Å². The van der Waals surface area contributed by atoms with E-state index in [1.165, 1.54) is 38.5 Å². The van der Waals surface area contributed by atoms with E-state index in [4.69, 9.17) is 0 Å². The molecule has 3 heteroatoms. The van der Waals surface area contributed by atoms with Crippen LogP contribution in [0.25, 0.3) is 0 Å². The molecule has 1 rings (SSSR count). The van der Waals surface area contributed by atoms with Crippen LogP contribution in [0.15, 0.2) is 5.38 Å². The zero-order valence-electron chi connectivity index (χ0n) is 11.7. The Morgan fingerprint density at radius 3 is 2.44 bits per heavy atom. The molecule has 1 heterocycles. The SMILES string of the molecule is CCCCCCCCCC(=O)Cc1csc(C)n1. The van der Waals surface area contributed by atoms with Crippen LogP contribution in [0.4, 0.5) is 0 Å². The number of unbranched alkanes of at least 4 members (excludes halogenated alkanes) is 6. The van der Waals surface area contributed by atoms with Gasteiger partial charge in [-0.3, -0.25) is 4.79 Å². The highest BCUT2D eigenvalue weighted by molar-refractivity contribution is 7.09. The first-order valence-electron chi connectivity index (χ1n) is 7.15. The number of Topliss-reactive ketones (excluding diaryl/α,β-unsaturated/α-hetero) is 1. The highest BCUT2D eigenvalue weighted by Gasteiger charge is 2.06. The normalized spacial score (nSPS) is 10.8. The summed E-state index contributed by atoms with van der Waals surface area (Å²) in [4.78, 5) is 16.0. The molecule has 0 aliphatic heterocycles. The Bertz CT molecular complexity index is 346. The number of carbonyl (C=O) groups is 1. The van der Waals surface area contributed by atoms with Crippen molar-refractivity contribution in [3.8, 4) is 0 Å². The summed E-state index contributed by atoms with van der Waals surface area (Å²) in [7, 11) is 0. The van der Waals surface area contributed by atoms with Gasteiger partial charge in [0.25, 0.3) is 0 Å². The van der Waals surface area contributed by atoms with Crippen molar-refractivity contribution in [1.29, 1.82) is 0 Å². The molecule has 0 aromatic carbocycles. The van der Waals surface area contributed by atoms with E-state index in [2.05, 4.69) is 11.9 Å². The lowest BCUT2D eigenvalue weighted by molar-refractivity contribution is -0.118. The van der Waals surface area contributed by atoms with E-state index < -0.39 is 0 Å². The second kappa shape index (κ2) is 9.26. The molecule has 18 heavy (non-hydrogen) atoms. The van der Waals surface area contributed by atoms with E-state index in [1.807, 2.05) is 12.3 Å². The second-order valence-electron chi connectivity index (χ2n) is 4.94. The quantitative estimate of drug-likeness (QED) is 0.575. The molecule has 0 N–H and O–H groups in total. The Morgan fingerprint density at radius 2 is 1.83 bits per heavy atom. The van der Waals surface area contributed by atoms with Gasteiger partial charge in [0.1, 0.15) is 5.78 Å². The molecule has 0 aliphatic carbocycles. The third-order valence-electron chi connectivity index (χ3n) is 3.10. The maximum atomic E-state index is 11.7. The number of aryl methyl sites for hydroxylation is 1. The van der Waals surface area contributed by atoms with E-state index in [0.717, 1.165) is 23.5 Å². The zero-order chi connectivity index (χ0) is 13.2. The number of thiazole rings is 1. The third-order valence-corrected chi connectivity index (χ3v) is 3.93. The first-order valence-corrected chi connectivity index (χ1v) is 8.03. The Morgan fingerprint density at radius 1 is 1.17 bits per heavy atom. The third kappa shape index (κ3) is 6.90. The van der Waals surface area contributed by atoms with Gasteiger partial charge in [0.2, 0.25) is 0 Å². The maximum absolute atomic E-state index is 11.7. The predicted molar refractivity (Wildman–Crippen MR) is 78.2 cm³/mol. The summed E-state index contributed by atoms with van der Waals surface area (Å²) in [6.07, 6.45) is 10.1. The van der Waals surface area contributed by atoms with E-state index in [9.17, 15) is 4.79 Å². The smallest absolute Gasteiger partial charge is 0.138 e. The number of hydrogen-bond acceptors (Lipinski definition) is 3. The fourth-order valence-corrected chi connectivity index (χ4v) is 2.67. The molecular formula is C15H25NOS. The van der Waals surface area contributed by atoms with Gasteiger partial charge in [-0.25, -0.2) is 4.98 Å². The van der Waals surface area contributed by atoms with Crippen molar-refractivity contribution in [3.63, 3.8) is 0 Å². The monoisotopic (exact) mass is 267 g/mol. The van der Waals surface area contributed by atoms with Crippen LogP contribution < -0.4 is 0 Å². The van der Waals surface area contributed by atoms with Crippen LogP contribution in [0.3, 0.4) is 0 Å². The Labute approximate surface area is 115 Å². The van der Waals surface area contributed by atoms with Gasteiger partial charge in [0, 0.05) is 18.2 Å². The summed E-state index contributed by atoms with van der Waals surface area (Å²) in [6.45, 7) is 4.22. The van der Waals surface area contributed by atoms with Gasteiger partial charge in [0.05, 0.1) is 10.7 Å². The molecule has 0 unspecified atom stereocenters. The molecule has 1 aromatic heterocycles. The lowest BCUT2D eigenvalue weighted by Gasteiger charge is -2.00. The number of carbonyl (C=O) groups excluding carboxylic acids is 1. The molecule has 0 atom stereocenters. The van der Waals surface area contributed by atoms with Crippen LogP contribution >= 0.6 is 11.3 Å². The van der Waals surface area contributed by atoms with Gasteiger partial charge in [-0.1, -0.05) is 45.4 Å². The average molecular weight is 267 g/mol. The van der Waals surface area contributed by atoms with E-state index in [1.54, 1.807) is 11.3 Å². The van der Waals surface area contributed by atoms with Crippen LogP contribution in [0.1, 0.15) is 69.0 Å². The molecule has 102 valence electrons. The molecule has 0 radical (unpaired) electrons. The minimum Gasteiger partial charge on any atom is -0.299 e. The molecular weight excluding hydrogens is 242 g/mol. The summed E-state index contributed by atoms with van der Waals surface area (Å²) in [5.74, 6) is 0.342. The highest BCUT2D eigenvalue weighted by Crippen LogP contribution is 2.12. The Balaban J connectivity index is 2.00. The van der Waals surface area contributed by atoms with Crippen molar-refractivity contribution < 1.29 is 4.79 Å². The number of hydrogen-bond donors (Lipinski definition) is 0. The molecule has 2 nitrogen and oxygen atoms in total.